The molecule has 0 saturated carbocycles. The van der Waals surface area contributed by atoms with Crippen LogP contribution in [0.5, 0.6) is 0 Å². The molecule has 0 aliphatic heterocycles. The summed E-state index contributed by atoms with van der Waals surface area (Å²) in [4.78, 5) is 15.6. The van der Waals surface area contributed by atoms with Gasteiger partial charge in [-0.3, -0.25) is 4.79 Å². The third-order valence-electron chi connectivity index (χ3n) is 2.25. The SMILES string of the molecule is CC[C@@H](C)NC(=O)CSc1ncccc1C#N. The van der Waals surface area contributed by atoms with Crippen molar-refractivity contribution < 1.29 is 4.79 Å². The Labute approximate surface area is 105 Å². The maximum Gasteiger partial charge on any atom is 0.230 e. The van der Waals surface area contributed by atoms with Gasteiger partial charge in [0.05, 0.1) is 11.3 Å². The van der Waals surface area contributed by atoms with E-state index in [-0.39, 0.29) is 17.7 Å². The zero-order valence-corrected chi connectivity index (χ0v) is 10.8. The molecule has 0 aliphatic rings. The summed E-state index contributed by atoms with van der Waals surface area (Å²) in [6.07, 6.45) is 2.53. The van der Waals surface area contributed by atoms with E-state index in [1.54, 1.807) is 18.3 Å². The molecule has 0 aromatic carbocycles. The van der Waals surface area contributed by atoms with E-state index in [0.717, 1.165) is 6.42 Å². The second kappa shape index (κ2) is 6.92. The maximum absolute atomic E-state index is 11.5. The normalized spacial score (nSPS) is 11.6. The van der Waals surface area contributed by atoms with Gasteiger partial charge < -0.3 is 5.32 Å². The molecule has 0 spiro atoms. The number of carbonyl (C=O) groups excluding carboxylic acids is 1. The Bertz CT molecular complexity index is 428. The summed E-state index contributed by atoms with van der Waals surface area (Å²) >= 11 is 1.29. The van der Waals surface area contributed by atoms with Crippen molar-refractivity contribution >= 4 is 17.7 Å². The Hall–Kier alpha value is -1.54. The number of hydrogen-bond donors (Lipinski definition) is 1. The van der Waals surface area contributed by atoms with Gasteiger partial charge in [0.1, 0.15) is 11.1 Å². The minimum Gasteiger partial charge on any atom is -0.353 e. The Balaban J connectivity index is 2.51. The number of nitrogens with zero attached hydrogens (tertiary/aromatic N) is 2. The molecular weight excluding hydrogens is 234 g/mol. The number of amides is 1. The molecule has 0 saturated heterocycles. The zero-order valence-electron chi connectivity index (χ0n) is 9.93. The lowest BCUT2D eigenvalue weighted by molar-refractivity contribution is -0.119. The second-order valence-electron chi connectivity index (χ2n) is 3.63. The van der Waals surface area contributed by atoms with Crippen LogP contribution in [0.4, 0.5) is 0 Å². The molecule has 1 atom stereocenters. The molecular formula is C12H15N3OS. The first-order valence-electron chi connectivity index (χ1n) is 5.44. The molecule has 1 aromatic heterocycles. The van der Waals surface area contributed by atoms with Crippen LogP contribution in [0.3, 0.4) is 0 Å². The molecule has 1 rings (SSSR count). The van der Waals surface area contributed by atoms with Crippen LogP contribution in [0.25, 0.3) is 0 Å². The quantitative estimate of drug-likeness (QED) is 0.810. The van der Waals surface area contributed by atoms with Gasteiger partial charge in [-0.2, -0.15) is 5.26 Å². The number of nitriles is 1. The molecule has 5 heteroatoms. The maximum atomic E-state index is 11.5. The first kappa shape index (κ1) is 13.5. The van der Waals surface area contributed by atoms with Gasteiger partial charge in [0.15, 0.2) is 0 Å². The molecule has 1 amide bonds. The molecule has 0 bridgehead atoms. The fraction of sp³-hybridized carbons (Fsp3) is 0.417. The fourth-order valence-electron chi connectivity index (χ4n) is 1.14. The minimum atomic E-state index is -0.0288. The molecule has 0 radical (unpaired) electrons. The Morgan fingerprint density at radius 1 is 1.71 bits per heavy atom. The van der Waals surface area contributed by atoms with Crippen LogP contribution in [0.15, 0.2) is 23.4 Å². The van der Waals surface area contributed by atoms with E-state index in [0.29, 0.717) is 10.6 Å². The molecule has 1 N–H and O–H groups in total. The topological polar surface area (TPSA) is 65.8 Å². The van der Waals surface area contributed by atoms with E-state index in [4.69, 9.17) is 5.26 Å². The number of thioether (sulfide) groups is 1. The third-order valence-corrected chi connectivity index (χ3v) is 3.26. The van der Waals surface area contributed by atoms with E-state index < -0.39 is 0 Å². The molecule has 90 valence electrons. The van der Waals surface area contributed by atoms with Crippen LogP contribution < -0.4 is 5.32 Å². The van der Waals surface area contributed by atoms with Gasteiger partial charge in [0.25, 0.3) is 0 Å². The summed E-state index contributed by atoms with van der Waals surface area (Å²) in [5.41, 5.74) is 0.508. The lowest BCUT2D eigenvalue weighted by Gasteiger charge is -2.10. The predicted molar refractivity (Wildman–Crippen MR) is 67.6 cm³/mol. The molecule has 0 unspecified atom stereocenters. The van der Waals surface area contributed by atoms with Crippen LogP contribution in [0.1, 0.15) is 25.8 Å². The first-order valence-corrected chi connectivity index (χ1v) is 6.43. The van der Waals surface area contributed by atoms with Gasteiger partial charge in [-0.05, 0) is 25.5 Å². The van der Waals surface area contributed by atoms with Gasteiger partial charge in [0, 0.05) is 12.2 Å². The monoisotopic (exact) mass is 249 g/mol. The van der Waals surface area contributed by atoms with Crippen molar-refractivity contribution in [1.82, 2.24) is 10.3 Å². The highest BCUT2D eigenvalue weighted by Gasteiger charge is 2.09. The van der Waals surface area contributed by atoms with Crippen molar-refractivity contribution in [2.45, 2.75) is 31.3 Å². The van der Waals surface area contributed by atoms with Crippen molar-refractivity contribution in [2.24, 2.45) is 0 Å². The summed E-state index contributed by atoms with van der Waals surface area (Å²) < 4.78 is 0. The number of carbonyl (C=O) groups is 1. The average Bonchev–Trinajstić information content (AvgIpc) is 2.36. The number of pyridine rings is 1. The van der Waals surface area contributed by atoms with Crippen LogP contribution in [-0.4, -0.2) is 22.7 Å². The van der Waals surface area contributed by atoms with Gasteiger partial charge in [-0.25, -0.2) is 4.98 Å². The largest absolute Gasteiger partial charge is 0.353 e. The van der Waals surface area contributed by atoms with Gasteiger partial charge in [0.2, 0.25) is 5.91 Å². The summed E-state index contributed by atoms with van der Waals surface area (Å²) in [6, 6.07) is 5.65. The molecule has 1 heterocycles. The van der Waals surface area contributed by atoms with Crippen LogP contribution in [-0.2, 0) is 4.79 Å². The summed E-state index contributed by atoms with van der Waals surface area (Å²) in [7, 11) is 0. The van der Waals surface area contributed by atoms with Gasteiger partial charge in [-0.1, -0.05) is 18.7 Å². The van der Waals surface area contributed by atoms with E-state index in [1.165, 1.54) is 11.8 Å². The first-order chi connectivity index (χ1) is 8.17. The van der Waals surface area contributed by atoms with Crippen molar-refractivity contribution in [3.05, 3.63) is 23.9 Å². The van der Waals surface area contributed by atoms with Crippen LogP contribution in [0.2, 0.25) is 0 Å². The molecule has 17 heavy (non-hydrogen) atoms. The van der Waals surface area contributed by atoms with E-state index in [1.807, 2.05) is 13.8 Å². The molecule has 0 fully saturated rings. The number of hydrogen-bond acceptors (Lipinski definition) is 4. The Morgan fingerprint density at radius 2 is 2.47 bits per heavy atom. The summed E-state index contributed by atoms with van der Waals surface area (Å²) in [6.45, 7) is 3.98. The van der Waals surface area contributed by atoms with Crippen molar-refractivity contribution in [2.75, 3.05) is 5.75 Å². The van der Waals surface area contributed by atoms with E-state index >= 15 is 0 Å². The predicted octanol–water partition coefficient (Wildman–Crippen LogP) is 1.96. The van der Waals surface area contributed by atoms with Crippen LogP contribution >= 0.6 is 11.8 Å². The minimum absolute atomic E-state index is 0.0288. The van der Waals surface area contributed by atoms with E-state index in [2.05, 4.69) is 16.4 Å². The number of rotatable bonds is 5. The third kappa shape index (κ3) is 4.45. The molecule has 1 aromatic rings. The van der Waals surface area contributed by atoms with Crippen molar-refractivity contribution in [3.63, 3.8) is 0 Å². The lowest BCUT2D eigenvalue weighted by atomic mass is 10.3. The Kier molecular flexibility index (Phi) is 5.50. The highest BCUT2D eigenvalue weighted by molar-refractivity contribution is 7.99. The van der Waals surface area contributed by atoms with Crippen molar-refractivity contribution in [3.8, 4) is 6.07 Å². The lowest BCUT2D eigenvalue weighted by Crippen LogP contribution is -2.33. The molecule has 0 aliphatic carbocycles. The number of nitrogens with one attached hydrogen (secondary N) is 1. The second-order valence-corrected chi connectivity index (χ2v) is 4.60. The summed E-state index contributed by atoms with van der Waals surface area (Å²) in [5.74, 6) is 0.259. The molecule has 4 nitrogen and oxygen atoms in total. The fourth-order valence-corrected chi connectivity index (χ4v) is 1.90. The zero-order chi connectivity index (χ0) is 12.7. The summed E-state index contributed by atoms with van der Waals surface area (Å²) in [5, 5.41) is 12.3. The van der Waals surface area contributed by atoms with E-state index in [9.17, 15) is 4.79 Å². The average molecular weight is 249 g/mol. The highest BCUT2D eigenvalue weighted by atomic mass is 32.2. The standard InChI is InChI=1S/C12H15N3OS/c1-3-9(2)15-11(16)8-17-12-10(7-13)5-4-6-14-12/h4-6,9H,3,8H2,1-2H3,(H,15,16)/t9-/m1/s1. The highest BCUT2D eigenvalue weighted by Crippen LogP contribution is 2.18. The number of aromatic nitrogens is 1. The van der Waals surface area contributed by atoms with Crippen molar-refractivity contribution in [1.29, 1.82) is 5.26 Å². The van der Waals surface area contributed by atoms with Crippen LogP contribution in [0, 0.1) is 11.3 Å². The Morgan fingerprint density at radius 3 is 3.12 bits per heavy atom. The van der Waals surface area contributed by atoms with Gasteiger partial charge >= 0.3 is 0 Å². The van der Waals surface area contributed by atoms with Gasteiger partial charge in [-0.15, -0.1) is 0 Å². The smallest absolute Gasteiger partial charge is 0.230 e.